The molecule has 2 atom stereocenters. The van der Waals surface area contributed by atoms with Crippen LogP contribution >= 0.6 is 12.4 Å². The normalized spacial score (nSPS) is 19.3. The second kappa shape index (κ2) is 8.88. The molecule has 1 saturated heterocycles. The van der Waals surface area contributed by atoms with Gasteiger partial charge in [-0.15, -0.1) is 12.4 Å². The van der Waals surface area contributed by atoms with Gasteiger partial charge in [0.2, 0.25) is 5.91 Å². The van der Waals surface area contributed by atoms with Crippen LogP contribution in [-0.4, -0.2) is 51.8 Å². The van der Waals surface area contributed by atoms with E-state index in [-0.39, 0.29) is 43.0 Å². The van der Waals surface area contributed by atoms with Gasteiger partial charge in [0.15, 0.2) is 0 Å². The Morgan fingerprint density at radius 1 is 1.30 bits per heavy atom. The zero-order valence-corrected chi connectivity index (χ0v) is 16.1. The van der Waals surface area contributed by atoms with Crippen molar-refractivity contribution in [3.05, 3.63) is 42.2 Å². The number of amides is 2. The molecule has 0 radical (unpaired) electrons. The topological polar surface area (TPSA) is 102 Å². The maximum atomic E-state index is 12.5. The fraction of sp³-hybridized carbons (Fsp3) is 0.389. The second-order valence-corrected chi connectivity index (χ2v) is 6.56. The fourth-order valence-electron chi connectivity index (χ4n) is 3.02. The first-order valence-corrected chi connectivity index (χ1v) is 8.53. The Morgan fingerprint density at radius 3 is 2.67 bits per heavy atom. The maximum Gasteiger partial charge on any atom is 0.255 e. The molecule has 0 spiro atoms. The van der Waals surface area contributed by atoms with Crippen LogP contribution in [0.5, 0.6) is 0 Å². The van der Waals surface area contributed by atoms with Crippen LogP contribution in [0.2, 0.25) is 0 Å². The first-order valence-electron chi connectivity index (χ1n) is 8.53. The van der Waals surface area contributed by atoms with Crippen LogP contribution in [0, 0.1) is 0 Å². The number of ether oxygens (including phenoxy) is 1. The van der Waals surface area contributed by atoms with Gasteiger partial charge in [0, 0.05) is 30.5 Å². The van der Waals surface area contributed by atoms with Crippen LogP contribution in [0.15, 0.2) is 36.7 Å². The molecule has 9 heteroatoms. The monoisotopic (exact) mass is 393 g/mol. The minimum absolute atomic E-state index is 0. The van der Waals surface area contributed by atoms with Crippen molar-refractivity contribution in [2.45, 2.75) is 32.6 Å². The van der Waals surface area contributed by atoms with Gasteiger partial charge < -0.3 is 20.7 Å². The third kappa shape index (κ3) is 5.45. The van der Waals surface area contributed by atoms with Gasteiger partial charge in [-0.3, -0.25) is 14.3 Å². The molecule has 1 aromatic carbocycles. The number of rotatable bonds is 4. The van der Waals surface area contributed by atoms with E-state index in [0.717, 1.165) is 0 Å². The summed E-state index contributed by atoms with van der Waals surface area (Å²) in [7, 11) is 0. The summed E-state index contributed by atoms with van der Waals surface area (Å²) >= 11 is 0. The van der Waals surface area contributed by atoms with E-state index in [4.69, 9.17) is 10.5 Å². The van der Waals surface area contributed by atoms with Crippen LogP contribution in [0.25, 0.3) is 0 Å². The molecule has 2 heterocycles. The number of hydrogen-bond donors (Lipinski definition) is 2. The number of anilines is 2. The number of morpholine rings is 1. The molecule has 1 fully saturated rings. The molecule has 3 rings (SSSR count). The molecule has 2 unspecified atom stereocenters. The Kier molecular flexibility index (Phi) is 6.81. The summed E-state index contributed by atoms with van der Waals surface area (Å²) in [5.74, 6) is -0.303. The quantitative estimate of drug-likeness (QED) is 0.771. The number of hydrogen-bond acceptors (Lipinski definition) is 5. The summed E-state index contributed by atoms with van der Waals surface area (Å²) in [6.07, 6.45) is 3.19. The number of nitrogen functional groups attached to an aromatic ring is 1. The van der Waals surface area contributed by atoms with E-state index in [0.29, 0.717) is 30.0 Å². The molecular formula is C18H24ClN5O3. The summed E-state index contributed by atoms with van der Waals surface area (Å²) in [4.78, 5) is 26.5. The predicted molar refractivity (Wildman–Crippen MR) is 105 cm³/mol. The number of benzene rings is 1. The third-order valence-electron chi connectivity index (χ3n) is 4.11. The van der Waals surface area contributed by atoms with Crippen molar-refractivity contribution in [3.8, 4) is 0 Å². The van der Waals surface area contributed by atoms with E-state index in [1.807, 2.05) is 13.8 Å². The molecule has 0 saturated carbocycles. The van der Waals surface area contributed by atoms with Gasteiger partial charge in [0.05, 0.1) is 24.1 Å². The molecule has 1 aromatic heterocycles. The van der Waals surface area contributed by atoms with Crippen molar-refractivity contribution in [1.82, 2.24) is 14.7 Å². The molecule has 2 aromatic rings. The number of aromatic nitrogens is 2. The predicted octanol–water partition coefficient (Wildman–Crippen LogP) is 1.78. The highest BCUT2D eigenvalue weighted by molar-refractivity contribution is 6.04. The SMILES string of the molecule is CC1CN(C(=O)Cn2cc(NC(=O)c3cccc(N)c3)cn2)CC(C)O1.Cl. The molecule has 8 nitrogen and oxygen atoms in total. The number of halogens is 1. The summed E-state index contributed by atoms with van der Waals surface area (Å²) in [5, 5.41) is 6.90. The first kappa shape index (κ1) is 20.7. The third-order valence-corrected chi connectivity index (χ3v) is 4.11. The summed E-state index contributed by atoms with van der Waals surface area (Å²) in [6, 6.07) is 6.72. The Morgan fingerprint density at radius 2 is 2.00 bits per heavy atom. The highest BCUT2D eigenvalue weighted by Crippen LogP contribution is 2.13. The lowest BCUT2D eigenvalue weighted by Gasteiger charge is -2.35. The summed E-state index contributed by atoms with van der Waals surface area (Å²) in [5.41, 5.74) is 7.20. The lowest BCUT2D eigenvalue weighted by molar-refractivity contribution is -0.144. The highest BCUT2D eigenvalue weighted by atomic mass is 35.5. The van der Waals surface area contributed by atoms with E-state index in [2.05, 4.69) is 10.4 Å². The molecular weight excluding hydrogens is 370 g/mol. The minimum atomic E-state index is -0.279. The molecule has 27 heavy (non-hydrogen) atoms. The van der Waals surface area contributed by atoms with Gasteiger partial charge in [-0.25, -0.2) is 0 Å². The lowest BCUT2D eigenvalue weighted by Crippen LogP contribution is -2.49. The van der Waals surface area contributed by atoms with Crippen molar-refractivity contribution in [1.29, 1.82) is 0 Å². The van der Waals surface area contributed by atoms with Crippen molar-refractivity contribution in [2.75, 3.05) is 24.1 Å². The van der Waals surface area contributed by atoms with Gasteiger partial charge in [-0.1, -0.05) is 6.07 Å². The number of nitrogens with two attached hydrogens (primary N) is 1. The molecule has 3 N–H and O–H groups in total. The number of carbonyl (C=O) groups is 2. The van der Waals surface area contributed by atoms with Gasteiger partial charge in [-0.2, -0.15) is 5.10 Å². The van der Waals surface area contributed by atoms with Gasteiger partial charge >= 0.3 is 0 Å². The van der Waals surface area contributed by atoms with Crippen LogP contribution in [-0.2, 0) is 16.1 Å². The van der Waals surface area contributed by atoms with Gasteiger partial charge in [0.1, 0.15) is 6.54 Å². The lowest BCUT2D eigenvalue weighted by atomic mass is 10.2. The van der Waals surface area contributed by atoms with Crippen LogP contribution in [0.3, 0.4) is 0 Å². The van der Waals surface area contributed by atoms with Crippen molar-refractivity contribution < 1.29 is 14.3 Å². The van der Waals surface area contributed by atoms with E-state index in [1.54, 1.807) is 35.4 Å². The van der Waals surface area contributed by atoms with Crippen molar-refractivity contribution >= 4 is 35.6 Å². The fourth-order valence-corrected chi connectivity index (χ4v) is 3.02. The van der Waals surface area contributed by atoms with Crippen molar-refractivity contribution in [3.63, 3.8) is 0 Å². The molecule has 146 valence electrons. The smallest absolute Gasteiger partial charge is 0.255 e. The molecule has 1 aliphatic rings. The Hall–Kier alpha value is -2.58. The molecule has 0 bridgehead atoms. The molecule has 1 aliphatic heterocycles. The van der Waals surface area contributed by atoms with E-state index >= 15 is 0 Å². The van der Waals surface area contributed by atoms with Crippen molar-refractivity contribution in [2.24, 2.45) is 0 Å². The van der Waals surface area contributed by atoms with E-state index < -0.39 is 0 Å². The largest absolute Gasteiger partial charge is 0.399 e. The van der Waals surface area contributed by atoms with Crippen LogP contribution in [0.1, 0.15) is 24.2 Å². The zero-order chi connectivity index (χ0) is 18.7. The van der Waals surface area contributed by atoms with Gasteiger partial charge in [0.25, 0.3) is 5.91 Å². The van der Waals surface area contributed by atoms with Crippen LogP contribution in [0.4, 0.5) is 11.4 Å². The zero-order valence-electron chi connectivity index (χ0n) is 15.3. The van der Waals surface area contributed by atoms with Gasteiger partial charge in [-0.05, 0) is 32.0 Å². The maximum absolute atomic E-state index is 12.5. The molecule has 2 amide bonds. The number of nitrogens with zero attached hydrogens (tertiary/aromatic N) is 3. The average Bonchev–Trinajstić information content (AvgIpc) is 3.00. The number of nitrogens with one attached hydrogen (secondary N) is 1. The Bertz CT molecular complexity index is 800. The summed E-state index contributed by atoms with van der Waals surface area (Å²) in [6.45, 7) is 5.17. The Balaban J connectivity index is 0.00000261. The Labute approximate surface area is 164 Å². The summed E-state index contributed by atoms with van der Waals surface area (Å²) < 4.78 is 7.16. The highest BCUT2D eigenvalue weighted by Gasteiger charge is 2.26. The van der Waals surface area contributed by atoms with E-state index in [9.17, 15) is 9.59 Å². The van der Waals surface area contributed by atoms with E-state index in [1.165, 1.54) is 10.9 Å². The average molecular weight is 394 g/mol. The minimum Gasteiger partial charge on any atom is -0.399 e. The second-order valence-electron chi connectivity index (χ2n) is 6.56. The number of carbonyl (C=O) groups excluding carboxylic acids is 2. The van der Waals surface area contributed by atoms with Crippen LogP contribution < -0.4 is 11.1 Å². The standard InChI is InChI=1S/C18H23N5O3.ClH/c1-12-8-22(9-13(2)26-12)17(24)11-23-10-16(7-20-23)21-18(25)14-4-3-5-15(19)6-14;/h3-7,10,12-13H,8-9,11,19H2,1-2H3,(H,21,25);1H. The molecule has 0 aliphatic carbocycles. The first-order chi connectivity index (χ1) is 12.4.